The van der Waals surface area contributed by atoms with E-state index in [9.17, 15) is 13.2 Å². The van der Waals surface area contributed by atoms with Crippen molar-refractivity contribution in [2.24, 2.45) is 7.05 Å². The van der Waals surface area contributed by atoms with Crippen molar-refractivity contribution in [1.82, 2.24) is 19.5 Å². The zero-order valence-electron chi connectivity index (χ0n) is 15.1. The van der Waals surface area contributed by atoms with Crippen molar-refractivity contribution in [3.05, 3.63) is 34.7 Å². The van der Waals surface area contributed by atoms with Gasteiger partial charge >= 0.3 is 52.0 Å². The Bertz CT molecular complexity index is 930. The maximum absolute atomic E-state index is 12.8. The first-order chi connectivity index (χ1) is 12.3. The van der Waals surface area contributed by atoms with Crippen LogP contribution in [-0.4, -0.2) is 25.3 Å². The molecule has 0 saturated heterocycles. The van der Waals surface area contributed by atoms with Gasteiger partial charge < -0.3 is 22.0 Å². The predicted molar refractivity (Wildman–Crippen MR) is 95.5 cm³/mol. The Balaban J connectivity index is 0.00000177. The second-order valence-corrected chi connectivity index (χ2v) is 7.01. The molecule has 0 spiro atoms. The van der Waals surface area contributed by atoms with Crippen molar-refractivity contribution in [1.29, 1.82) is 0 Å². The molecule has 0 saturated carbocycles. The van der Waals surface area contributed by atoms with Crippen molar-refractivity contribution in [3.8, 4) is 11.5 Å². The van der Waals surface area contributed by atoms with Crippen LogP contribution in [0.1, 0.15) is 12.6 Å². The molecule has 3 rings (SSSR count). The third-order valence-electron chi connectivity index (χ3n) is 3.30. The summed E-state index contributed by atoms with van der Waals surface area (Å²) in [6, 6.07) is 4.66. The number of thioether (sulfide) groups is 1. The predicted octanol–water partition coefficient (Wildman–Crippen LogP) is -0.581. The normalized spacial score (nSPS) is 10.6. The van der Waals surface area contributed by atoms with Crippen molar-refractivity contribution in [3.63, 3.8) is 0 Å². The summed E-state index contributed by atoms with van der Waals surface area (Å²) in [5.74, 6) is 1.31. The quantitative estimate of drug-likeness (QED) is 0.187. The number of alkyl halides is 3. The summed E-state index contributed by atoms with van der Waals surface area (Å²) >= 11 is 5.76. The Hall–Kier alpha value is 0.191. The van der Waals surface area contributed by atoms with Crippen LogP contribution < -0.4 is 31.3 Å². The van der Waals surface area contributed by atoms with Gasteiger partial charge in [0.25, 0.3) is 0 Å². The van der Waals surface area contributed by atoms with Gasteiger partial charge in [-0.25, -0.2) is 4.98 Å². The number of aromatic nitrogens is 4. The smallest absolute Gasteiger partial charge is 1.00 e. The van der Waals surface area contributed by atoms with Crippen LogP contribution in [0.4, 0.5) is 13.2 Å². The molecule has 0 aromatic carbocycles. The third-order valence-corrected chi connectivity index (χ3v) is 4.67. The van der Waals surface area contributed by atoms with Crippen molar-refractivity contribution >= 4 is 48.4 Å². The molecule has 4 nitrogen and oxygen atoms in total. The molecular weight excluding hydrogens is 548 g/mol. The number of imidazole rings is 1. The van der Waals surface area contributed by atoms with Crippen LogP contribution in [-0.2, 0) is 30.5 Å². The first-order valence-electron chi connectivity index (χ1n) is 7.20. The number of fused-ring (bicyclic) bond motifs is 1. The molecule has 142 valence electrons. The summed E-state index contributed by atoms with van der Waals surface area (Å²) in [5, 5.41) is 0. The number of hydrogen-bond acceptors (Lipinski definition) is 4. The summed E-state index contributed by atoms with van der Waals surface area (Å²) in [6.07, 6.45) is -2.09. The topological polar surface area (TPSA) is 43.6 Å². The van der Waals surface area contributed by atoms with E-state index in [1.54, 1.807) is 23.4 Å². The van der Waals surface area contributed by atoms with E-state index < -0.39 is 11.9 Å². The van der Waals surface area contributed by atoms with E-state index in [-0.39, 0.29) is 36.8 Å². The molecule has 0 amide bonds. The number of hydrogen-bond donors (Lipinski definition) is 0. The molecule has 0 unspecified atom stereocenters. The van der Waals surface area contributed by atoms with Gasteiger partial charge in [-0.3, -0.25) is 4.98 Å². The molecule has 3 heterocycles. The molecular formula is C15H11BrCl2F3LiN4SZn. The summed E-state index contributed by atoms with van der Waals surface area (Å²) in [6.45, 7) is 2.01. The second kappa shape index (κ2) is 12.1. The Morgan fingerprint density at radius 2 is 1.93 bits per heavy atom. The van der Waals surface area contributed by atoms with Gasteiger partial charge in [0.15, 0.2) is 0 Å². The fourth-order valence-electron chi connectivity index (χ4n) is 2.24. The van der Waals surface area contributed by atoms with Gasteiger partial charge in [0, 0.05) is 17.6 Å². The minimum Gasteiger partial charge on any atom is 1.00 e. The maximum Gasteiger partial charge on any atom is 1.00 e. The fraction of sp³-hybridized carbons (Fsp3) is 0.267. The molecule has 0 radical (unpaired) electrons. The molecule has 0 aliphatic rings. The molecule has 13 heteroatoms. The molecule has 0 aliphatic heterocycles. The van der Waals surface area contributed by atoms with Crippen molar-refractivity contribution in [2.75, 3.05) is 5.75 Å². The Morgan fingerprint density at radius 3 is 2.50 bits per heavy atom. The van der Waals surface area contributed by atoms with E-state index >= 15 is 0 Å². The van der Waals surface area contributed by atoms with Gasteiger partial charge in [0.05, 0.1) is 0 Å². The number of rotatable bonds is 3. The minimum atomic E-state index is -4.53. The molecule has 3 aromatic heterocycles. The fourth-order valence-corrected chi connectivity index (χ4v) is 3.30. The molecule has 0 aliphatic carbocycles. The number of nitrogens with zero attached hydrogens (tertiary/aromatic N) is 4. The molecule has 3 aromatic rings. The minimum absolute atomic E-state index is 0. The molecule has 28 heavy (non-hydrogen) atoms. The van der Waals surface area contributed by atoms with Crippen LogP contribution >= 0.6 is 37.4 Å². The Labute approximate surface area is 205 Å². The molecule has 0 atom stereocenters. The summed E-state index contributed by atoms with van der Waals surface area (Å²) in [4.78, 5) is 13.1. The van der Waals surface area contributed by atoms with Crippen molar-refractivity contribution in [2.45, 2.75) is 18.0 Å². The van der Waals surface area contributed by atoms with Crippen LogP contribution in [0.3, 0.4) is 0 Å². The van der Waals surface area contributed by atoms with Gasteiger partial charge in [-0.15, -0.1) is 17.8 Å². The number of halogens is 6. The van der Waals surface area contributed by atoms with Crippen LogP contribution in [0.25, 0.3) is 22.6 Å². The number of pyridine rings is 2. The SMILES string of the molecule is CCSc1ccc(Br)nc1-c1nc2cc(C(F)(F)F)n[c-]c2n1C.[Cl-].[Cl][Zn+].[Li+]. The van der Waals surface area contributed by atoms with E-state index in [1.807, 2.05) is 19.1 Å². The van der Waals surface area contributed by atoms with Gasteiger partial charge in [-0.1, -0.05) is 13.1 Å². The van der Waals surface area contributed by atoms with E-state index in [2.05, 4.69) is 37.1 Å². The van der Waals surface area contributed by atoms with E-state index in [0.29, 0.717) is 21.6 Å². The maximum atomic E-state index is 12.8. The second-order valence-electron chi connectivity index (χ2n) is 4.89. The summed E-state index contributed by atoms with van der Waals surface area (Å²) in [5.41, 5.74) is 0.179. The molecule has 0 fully saturated rings. The van der Waals surface area contributed by atoms with Gasteiger partial charge in [-0.05, 0) is 44.8 Å². The Kier molecular flexibility index (Phi) is 12.2. The van der Waals surface area contributed by atoms with Crippen LogP contribution in [0, 0.1) is 6.20 Å². The van der Waals surface area contributed by atoms with Crippen LogP contribution in [0.2, 0.25) is 0 Å². The average Bonchev–Trinajstić information content (AvgIpc) is 2.94. The van der Waals surface area contributed by atoms with E-state index in [4.69, 9.17) is 9.69 Å². The average molecular weight is 559 g/mol. The monoisotopic (exact) mass is 556 g/mol. The largest absolute Gasteiger partial charge is 1.00 e. The van der Waals surface area contributed by atoms with Crippen molar-refractivity contribution < 1.29 is 61.8 Å². The molecule has 0 N–H and O–H groups in total. The Morgan fingerprint density at radius 1 is 1.29 bits per heavy atom. The van der Waals surface area contributed by atoms with E-state index in [1.165, 1.54) is 0 Å². The zero-order valence-corrected chi connectivity index (χ0v) is 22.0. The molecule has 0 bridgehead atoms. The zero-order chi connectivity index (χ0) is 19.5. The third kappa shape index (κ3) is 6.34. The standard InChI is InChI=1S/C15H11BrF3N4S.2ClH.Li.Zn/c1-3-24-10-4-5-12(16)22-13(10)14-21-8-6-11(15(17,18)19)20-7-9(8)23(14)2;;;;/h4-6H,3H2,1-2H3;2*1H;;/q-1;;;+1;+2/p-2. The first-order valence-corrected chi connectivity index (χ1v) is 12.9. The number of aryl methyl sites for hydroxylation is 1. The van der Waals surface area contributed by atoms with Crippen LogP contribution in [0.5, 0.6) is 0 Å². The first kappa shape index (κ1) is 28.2. The van der Waals surface area contributed by atoms with Crippen LogP contribution in [0.15, 0.2) is 27.7 Å². The van der Waals surface area contributed by atoms with E-state index in [0.717, 1.165) is 34.0 Å². The summed E-state index contributed by atoms with van der Waals surface area (Å²) in [7, 11) is 6.47. The summed E-state index contributed by atoms with van der Waals surface area (Å²) < 4.78 is 40.8. The van der Waals surface area contributed by atoms with Gasteiger partial charge in [0.1, 0.15) is 16.1 Å². The van der Waals surface area contributed by atoms with Gasteiger partial charge in [-0.2, -0.15) is 13.2 Å². The van der Waals surface area contributed by atoms with Gasteiger partial charge in [0.2, 0.25) is 0 Å².